The van der Waals surface area contributed by atoms with Gasteiger partial charge in [-0.2, -0.15) is 0 Å². The quantitative estimate of drug-likeness (QED) is 0.602. The first-order chi connectivity index (χ1) is 13.1. The van der Waals surface area contributed by atoms with E-state index >= 15 is 0 Å². The smallest absolute Gasteiger partial charge is 0.329 e. The summed E-state index contributed by atoms with van der Waals surface area (Å²) in [6.07, 6.45) is 0. The third-order valence-electron chi connectivity index (χ3n) is 3.96. The maximum atomic E-state index is 12.2. The van der Waals surface area contributed by atoms with Crippen molar-refractivity contribution in [3.05, 3.63) is 69.4 Å². The zero-order valence-corrected chi connectivity index (χ0v) is 14.7. The van der Waals surface area contributed by atoms with Crippen LogP contribution in [0.5, 0.6) is 11.5 Å². The Morgan fingerprint density at radius 3 is 2.52 bits per heavy atom. The third-order valence-corrected chi connectivity index (χ3v) is 3.96. The molecular weight excluding hydrogens is 350 g/mol. The normalized spacial score (nSPS) is 10.6. The first kappa shape index (κ1) is 18.2. The van der Waals surface area contributed by atoms with Gasteiger partial charge in [0.15, 0.2) is 0 Å². The Balaban J connectivity index is 1.57. The molecule has 3 rings (SSSR count). The van der Waals surface area contributed by atoms with Crippen LogP contribution in [0.3, 0.4) is 0 Å². The molecule has 27 heavy (non-hydrogen) atoms. The number of H-pyrrole nitrogens is 1. The summed E-state index contributed by atoms with van der Waals surface area (Å²) in [5.41, 5.74) is -0.681. The highest BCUT2D eigenvalue weighted by Crippen LogP contribution is 2.16. The van der Waals surface area contributed by atoms with Gasteiger partial charge in [-0.3, -0.25) is 19.1 Å². The Hall–Kier alpha value is -3.55. The number of fused-ring (bicyclic) bond motifs is 1. The molecule has 0 fully saturated rings. The first-order valence-corrected chi connectivity index (χ1v) is 8.34. The molecular formula is C19H19N3O5. The van der Waals surface area contributed by atoms with E-state index in [1.54, 1.807) is 55.6 Å². The SMILES string of the molecule is COc1ccc(OCCNC(=O)Cn2c(=O)[nH]c(=O)c3ccccc32)cc1. The van der Waals surface area contributed by atoms with E-state index < -0.39 is 11.2 Å². The van der Waals surface area contributed by atoms with Crippen molar-refractivity contribution in [2.75, 3.05) is 20.3 Å². The minimum Gasteiger partial charge on any atom is -0.497 e. The predicted octanol–water partition coefficient (Wildman–Crippen LogP) is 0.894. The summed E-state index contributed by atoms with van der Waals surface area (Å²) in [7, 11) is 1.59. The number of amides is 1. The number of carbonyl (C=O) groups is 1. The number of aromatic nitrogens is 2. The van der Waals surface area contributed by atoms with Crippen molar-refractivity contribution in [2.24, 2.45) is 0 Å². The molecule has 0 bridgehead atoms. The fourth-order valence-electron chi connectivity index (χ4n) is 2.63. The summed E-state index contributed by atoms with van der Waals surface area (Å²) >= 11 is 0. The fraction of sp³-hybridized carbons (Fsp3) is 0.211. The zero-order valence-electron chi connectivity index (χ0n) is 14.7. The highest BCUT2D eigenvalue weighted by Gasteiger charge is 2.10. The summed E-state index contributed by atoms with van der Waals surface area (Å²) in [5, 5.41) is 3.04. The fourth-order valence-corrected chi connectivity index (χ4v) is 2.63. The van der Waals surface area contributed by atoms with E-state index in [9.17, 15) is 14.4 Å². The lowest BCUT2D eigenvalue weighted by molar-refractivity contribution is -0.121. The molecule has 1 amide bonds. The van der Waals surface area contributed by atoms with Crippen LogP contribution in [0.1, 0.15) is 0 Å². The number of nitrogens with zero attached hydrogens (tertiary/aromatic N) is 1. The van der Waals surface area contributed by atoms with Gasteiger partial charge >= 0.3 is 5.69 Å². The first-order valence-electron chi connectivity index (χ1n) is 8.34. The van der Waals surface area contributed by atoms with Crippen LogP contribution < -0.4 is 26.0 Å². The molecule has 8 heteroatoms. The van der Waals surface area contributed by atoms with Crippen molar-refractivity contribution in [3.8, 4) is 11.5 Å². The van der Waals surface area contributed by atoms with E-state index in [1.165, 1.54) is 4.57 Å². The number of aromatic amines is 1. The molecule has 8 nitrogen and oxygen atoms in total. The summed E-state index contributed by atoms with van der Waals surface area (Å²) in [6.45, 7) is 0.360. The van der Waals surface area contributed by atoms with Crippen LogP contribution in [0.15, 0.2) is 58.1 Å². The third kappa shape index (κ3) is 4.35. The van der Waals surface area contributed by atoms with Crippen LogP contribution in [-0.2, 0) is 11.3 Å². The number of rotatable bonds is 7. The molecule has 1 aromatic heterocycles. The van der Waals surface area contributed by atoms with Gasteiger partial charge in [-0.15, -0.1) is 0 Å². The molecule has 0 atom stereocenters. The van der Waals surface area contributed by atoms with Gasteiger partial charge in [0, 0.05) is 0 Å². The van der Waals surface area contributed by atoms with E-state index in [1.807, 2.05) is 0 Å². The second-order valence-electron chi connectivity index (χ2n) is 5.74. The predicted molar refractivity (Wildman–Crippen MR) is 100 cm³/mol. The highest BCUT2D eigenvalue weighted by atomic mass is 16.5. The van der Waals surface area contributed by atoms with Crippen molar-refractivity contribution in [1.82, 2.24) is 14.9 Å². The Morgan fingerprint density at radius 2 is 1.78 bits per heavy atom. The summed E-state index contributed by atoms with van der Waals surface area (Å²) in [5.74, 6) is 1.04. The van der Waals surface area contributed by atoms with Crippen LogP contribution >= 0.6 is 0 Å². The number of hydrogen-bond donors (Lipinski definition) is 2. The van der Waals surface area contributed by atoms with Crippen molar-refractivity contribution in [3.63, 3.8) is 0 Å². The molecule has 1 heterocycles. The molecule has 0 aliphatic heterocycles. The van der Waals surface area contributed by atoms with E-state index in [4.69, 9.17) is 9.47 Å². The molecule has 0 aliphatic carbocycles. The molecule has 2 N–H and O–H groups in total. The zero-order chi connectivity index (χ0) is 19.2. The van der Waals surface area contributed by atoms with Crippen LogP contribution in [0.4, 0.5) is 0 Å². The van der Waals surface area contributed by atoms with Gasteiger partial charge in [-0.25, -0.2) is 4.79 Å². The number of hydrogen-bond acceptors (Lipinski definition) is 5. The van der Waals surface area contributed by atoms with Crippen molar-refractivity contribution < 1.29 is 14.3 Å². The van der Waals surface area contributed by atoms with Gasteiger partial charge in [0.25, 0.3) is 5.56 Å². The molecule has 0 saturated heterocycles. The number of methoxy groups -OCH3 is 1. The minimum atomic E-state index is -0.622. The molecule has 0 spiro atoms. The van der Waals surface area contributed by atoms with Crippen LogP contribution in [0.25, 0.3) is 10.9 Å². The lowest BCUT2D eigenvalue weighted by Crippen LogP contribution is -2.37. The second-order valence-corrected chi connectivity index (χ2v) is 5.74. The van der Waals surface area contributed by atoms with Gasteiger partial charge < -0.3 is 14.8 Å². The Morgan fingerprint density at radius 1 is 1.07 bits per heavy atom. The number of nitrogens with one attached hydrogen (secondary N) is 2. The number of benzene rings is 2. The summed E-state index contributed by atoms with van der Waals surface area (Å²) < 4.78 is 11.8. The summed E-state index contributed by atoms with van der Waals surface area (Å²) in [6, 6.07) is 13.7. The number of carbonyl (C=O) groups excluding carboxylic acids is 1. The monoisotopic (exact) mass is 369 g/mol. The molecule has 0 saturated carbocycles. The van der Waals surface area contributed by atoms with Crippen LogP contribution in [0.2, 0.25) is 0 Å². The standard InChI is InChI=1S/C19H19N3O5/c1-26-13-6-8-14(9-7-13)27-11-10-20-17(23)12-22-16-5-3-2-4-15(16)18(24)21-19(22)25/h2-9H,10-12H2,1H3,(H,20,23)(H,21,24,25). The maximum Gasteiger partial charge on any atom is 0.329 e. The van der Waals surface area contributed by atoms with Crippen molar-refractivity contribution in [1.29, 1.82) is 0 Å². The average molecular weight is 369 g/mol. The van der Waals surface area contributed by atoms with E-state index in [2.05, 4.69) is 10.3 Å². The molecule has 3 aromatic rings. The molecule has 0 radical (unpaired) electrons. The lowest BCUT2D eigenvalue weighted by Gasteiger charge is -2.11. The number of ether oxygens (including phenoxy) is 2. The topological polar surface area (TPSA) is 102 Å². The Bertz CT molecular complexity index is 1050. The van der Waals surface area contributed by atoms with Gasteiger partial charge in [-0.05, 0) is 36.4 Å². The molecule has 140 valence electrons. The largest absolute Gasteiger partial charge is 0.497 e. The van der Waals surface area contributed by atoms with E-state index in [-0.39, 0.29) is 25.6 Å². The maximum absolute atomic E-state index is 12.2. The minimum absolute atomic E-state index is 0.196. The Kier molecular flexibility index (Phi) is 5.55. The van der Waals surface area contributed by atoms with Crippen molar-refractivity contribution in [2.45, 2.75) is 6.54 Å². The van der Waals surface area contributed by atoms with Crippen molar-refractivity contribution >= 4 is 16.8 Å². The number of para-hydroxylation sites is 1. The molecule has 0 unspecified atom stereocenters. The average Bonchev–Trinajstić information content (AvgIpc) is 2.69. The van der Waals surface area contributed by atoms with Crippen LogP contribution in [0, 0.1) is 0 Å². The molecule has 2 aromatic carbocycles. The summed E-state index contributed by atoms with van der Waals surface area (Å²) in [4.78, 5) is 38.3. The van der Waals surface area contributed by atoms with Gasteiger partial charge in [0.2, 0.25) is 5.91 Å². The van der Waals surface area contributed by atoms with Gasteiger partial charge in [0.05, 0.1) is 24.6 Å². The second kappa shape index (κ2) is 8.22. The Labute approximate surface area is 154 Å². The van der Waals surface area contributed by atoms with E-state index in [0.29, 0.717) is 16.7 Å². The van der Waals surface area contributed by atoms with Gasteiger partial charge in [0.1, 0.15) is 24.7 Å². The molecule has 0 aliphatic rings. The lowest BCUT2D eigenvalue weighted by atomic mass is 10.2. The van der Waals surface area contributed by atoms with E-state index in [0.717, 1.165) is 5.75 Å². The van der Waals surface area contributed by atoms with Gasteiger partial charge in [-0.1, -0.05) is 12.1 Å². The van der Waals surface area contributed by atoms with Crippen LogP contribution in [-0.4, -0.2) is 35.7 Å². The highest BCUT2D eigenvalue weighted by molar-refractivity contribution is 5.81.